The van der Waals surface area contributed by atoms with Gasteiger partial charge in [-0.25, -0.2) is 0 Å². The van der Waals surface area contributed by atoms with Crippen LogP contribution in [0.25, 0.3) is 5.65 Å². The quantitative estimate of drug-likeness (QED) is 0.487. The smallest absolute Gasteiger partial charge is 0.396 e. The molecule has 0 radical (unpaired) electrons. The van der Waals surface area contributed by atoms with Crippen molar-refractivity contribution in [3.8, 4) is 17.4 Å². The number of hydrogen-bond donors (Lipinski definition) is 0. The highest BCUT2D eigenvalue weighted by Gasteiger charge is 2.25. The first-order valence-electron chi connectivity index (χ1n) is 9.22. The van der Waals surface area contributed by atoms with E-state index in [-0.39, 0.29) is 17.6 Å². The number of hydrogen-bond acceptors (Lipinski definition) is 6. The summed E-state index contributed by atoms with van der Waals surface area (Å²) in [6.45, 7) is 0. The van der Waals surface area contributed by atoms with Crippen molar-refractivity contribution in [2.45, 2.75) is 38.2 Å². The Morgan fingerprint density at radius 1 is 1.04 bits per heavy atom. The Bertz CT molecular complexity index is 1060. The molecule has 0 bridgehead atoms. The molecule has 1 fully saturated rings. The van der Waals surface area contributed by atoms with Crippen molar-refractivity contribution in [1.82, 2.24) is 9.38 Å². The van der Waals surface area contributed by atoms with E-state index in [9.17, 15) is 14.9 Å². The molecule has 0 amide bonds. The van der Waals surface area contributed by atoms with Crippen LogP contribution in [-0.4, -0.2) is 20.4 Å². The van der Waals surface area contributed by atoms with E-state index in [0.717, 1.165) is 23.0 Å². The van der Waals surface area contributed by atoms with Crippen LogP contribution in [0.1, 0.15) is 32.1 Å². The molecule has 0 atom stereocenters. The molecule has 1 saturated carbocycles. The monoisotopic (exact) mass is 381 g/mol. The van der Waals surface area contributed by atoms with Crippen molar-refractivity contribution in [2.24, 2.45) is 0 Å². The Hall–Kier alpha value is -3.42. The molecular formula is C20H19N3O5. The molecule has 0 aliphatic heterocycles. The second kappa shape index (κ2) is 7.67. The third-order valence-electron chi connectivity index (χ3n) is 4.75. The summed E-state index contributed by atoms with van der Waals surface area (Å²) >= 11 is 0. The largest absolute Gasteiger partial charge is 0.490 e. The zero-order chi connectivity index (χ0) is 19.5. The van der Waals surface area contributed by atoms with E-state index >= 15 is 0 Å². The van der Waals surface area contributed by atoms with Crippen LogP contribution in [0.2, 0.25) is 0 Å². The van der Waals surface area contributed by atoms with Gasteiger partial charge in [-0.05, 0) is 62.1 Å². The normalized spacial score (nSPS) is 14.7. The molecule has 8 nitrogen and oxygen atoms in total. The molecule has 2 heterocycles. The standard InChI is InChI=1S/C20H19N3O5/c24-20-18(23(25)26)19(21-17-8-4-5-13-22(17)20)28-16-11-9-15(10-12-16)27-14-6-2-1-3-7-14/h4-5,8-14H,1-3,6-7H2. The van der Waals surface area contributed by atoms with Crippen molar-refractivity contribution in [3.63, 3.8) is 0 Å². The first-order chi connectivity index (χ1) is 13.6. The summed E-state index contributed by atoms with van der Waals surface area (Å²) in [5.41, 5.74) is -1.22. The molecule has 1 aromatic carbocycles. The van der Waals surface area contributed by atoms with Crippen LogP contribution in [0, 0.1) is 10.1 Å². The van der Waals surface area contributed by atoms with Gasteiger partial charge < -0.3 is 9.47 Å². The predicted octanol–water partition coefficient (Wildman–Crippen LogP) is 4.11. The number of pyridine rings is 1. The summed E-state index contributed by atoms with van der Waals surface area (Å²) in [5.74, 6) is 0.730. The van der Waals surface area contributed by atoms with Crippen molar-refractivity contribution in [1.29, 1.82) is 0 Å². The molecule has 2 aromatic heterocycles. The fourth-order valence-electron chi connectivity index (χ4n) is 3.36. The number of ether oxygens (including phenoxy) is 2. The number of benzene rings is 1. The molecular weight excluding hydrogens is 362 g/mol. The maximum Gasteiger partial charge on any atom is 0.396 e. The first-order valence-corrected chi connectivity index (χ1v) is 9.22. The van der Waals surface area contributed by atoms with Gasteiger partial charge in [-0.3, -0.25) is 19.3 Å². The molecule has 144 valence electrons. The molecule has 8 heteroatoms. The molecule has 28 heavy (non-hydrogen) atoms. The molecule has 4 rings (SSSR count). The van der Waals surface area contributed by atoms with Gasteiger partial charge in [0, 0.05) is 6.20 Å². The van der Waals surface area contributed by atoms with E-state index in [0.29, 0.717) is 5.75 Å². The number of nitrogens with zero attached hydrogens (tertiary/aromatic N) is 3. The lowest BCUT2D eigenvalue weighted by atomic mass is 9.98. The Balaban J connectivity index is 1.60. The third kappa shape index (κ3) is 3.66. The lowest BCUT2D eigenvalue weighted by molar-refractivity contribution is -0.387. The van der Waals surface area contributed by atoms with E-state index in [1.54, 1.807) is 42.5 Å². The van der Waals surface area contributed by atoms with Gasteiger partial charge in [-0.15, -0.1) is 0 Å². The van der Waals surface area contributed by atoms with Gasteiger partial charge in [0.2, 0.25) is 0 Å². The lowest BCUT2D eigenvalue weighted by Gasteiger charge is -2.23. The highest BCUT2D eigenvalue weighted by molar-refractivity contribution is 5.50. The van der Waals surface area contributed by atoms with Gasteiger partial charge in [-0.1, -0.05) is 12.5 Å². The molecule has 1 aliphatic rings. The van der Waals surface area contributed by atoms with Crippen molar-refractivity contribution in [2.75, 3.05) is 0 Å². The number of rotatable bonds is 5. The summed E-state index contributed by atoms with van der Waals surface area (Å²) in [5, 5.41) is 11.4. The summed E-state index contributed by atoms with van der Waals surface area (Å²) in [4.78, 5) is 27.2. The highest BCUT2D eigenvalue weighted by Crippen LogP contribution is 2.29. The van der Waals surface area contributed by atoms with Crippen LogP contribution in [0.5, 0.6) is 17.4 Å². The minimum absolute atomic E-state index is 0.226. The Morgan fingerprint density at radius 3 is 2.46 bits per heavy atom. The minimum Gasteiger partial charge on any atom is -0.490 e. The van der Waals surface area contributed by atoms with E-state index in [2.05, 4.69) is 4.98 Å². The van der Waals surface area contributed by atoms with Crippen LogP contribution in [-0.2, 0) is 0 Å². The van der Waals surface area contributed by atoms with Crippen LogP contribution in [0.3, 0.4) is 0 Å². The number of aromatic nitrogens is 2. The SMILES string of the molecule is O=c1c([N+](=O)[O-])c(Oc2ccc(OC3CCCCC3)cc2)nc2ccccn12. The fraction of sp³-hybridized carbons (Fsp3) is 0.300. The van der Waals surface area contributed by atoms with E-state index in [1.807, 2.05) is 0 Å². The molecule has 0 spiro atoms. The van der Waals surface area contributed by atoms with Gasteiger partial charge in [0.05, 0.1) is 11.0 Å². The van der Waals surface area contributed by atoms with E-state index < -0.39 is 16.2 Å². The van der Waals surface area contributed by atoms with Crippen molar-refractivity contribution < 1.29 is 14.4 Å². The third-order valence-corrected chi connectivity index (χ3v) is 4.75. The van der Waals surface area contributed by atoms with Gasteiger partial charge >= 0.3 is 17.1 Å². The maximum absolute atomic E-state index is 12.4. The summed E-state index contributed by atoms with van der Waals surface area (Å²) in [6, 6.07) is 11.7. The summed E-state index contributed by atoms with van der Waals surface area (Å²) in [7, 11) is 0. The topological polar surface area (TPSA) is 96.0 Å². The maximum atomic E-state index is 12.4. The van der Waals surface area contributed by atoms with Gasteiger partial charge in [0.1, 0.15) is 17.1 Å². The average Bonchev–Trinajstić information content (AvgIpc) is 2.70. The second-order valence-corrected chi connectivity index (χ2v) is 6.71. The molecule has 0 unspecified atom stereocenters. The van der Waals surface area contributed by atoms with Crippen LogP contribution in [0.15, 0.2) is 53.5 Å². The Morgan fingerprint density at radius 2 is 1.75 bits per heavy atom. The van der Waals surface area contributed by atoms with Crippen LogP contribution >= 0.6 is 0 Å². The molecule has 0 N–H and O–H groups in total. The van der Waals surface area contributed by atoms with Gasteiger partial charge in [0.15, 0.2) is 0 Å². The van der Waals surface area contributed by atoms with E-state index in [4.69, 9.17) is 9.47 Å². The number of fused-ring (bicyclic) bond motifs is 1. The highest BCUT2D eigenvalue weighted by atomic mass is 16.6. The molecule has 0 saturated heterocycles. The average molecular weight is 381 g/mol. The fourth-order valence-corrected chi connectivity index (χ4v) is 3.36. The number of nitro groups is 1. The Labute approximate surface area is 160 Å². The van der Waals surface area contributed by atoms with Crippen molar-refractivity contribution in [3.05, 3.63) is 69.1 Å². The lowest BCUT2D eigenvalue weighted by Crippen LogP contribution is -2.19. The predicted molar refractivity (Wildman–Crippen MR) is 102 cm³/mol. The first kappa shape index (κ1) is 18.0. The zero-order valence-corrected chi connectivity index (χ0v) is 15.1. The van der Waals surface area contributed by atoms with Crippen molar-refractivity contribution >= 4 is 11.3 Å². The second-order valence-electron chi connectivity index (χ2n) is 6.71. The Kier molecular flexibility index (Phi) is 4.92. The summed E-state index contributed by atoms with van der Waals surface area (Å²) < 4.78 is 12.7. The minimum atomic E-state index is -0.789. The molecule has 1 aliphatic carbocycles. The van der Waals surface area contributed by atoms with Crippen LogP contribution < -0.4 is 15.0 Å². The summed E-state index contributed by atoms with van der Waals surface area (Å²) in [6.07, 6.45) is 7.37. The van der Waals surface area contributed by atoms with Crippen LogP contribution in [0.4, 0.5) is 5.69 Å². The van der Waals surface area contributed by atoms with Gasteiger partial charge in [0.25, 0.3) is 0 Å². The molecule has 3 aromatic rings. The van der Waals surface area contributed by atoms with Gasteiger partial charge in [-0.2, -0.15) is 4.98 Å². The zero-order valence-electron chi connectivity index (χ0n) is 15.1. The van der Waals surface area contributed by atoms with E-state index in [1.165, 1.54) is 25.5 Å².